The molecular formula is C18H12I3N3O3. The van der Waals surface area contributed by atoms with Gasteiger partial charge in [-0.3, -0.25) is 10.1 Å². The summed E-state index contributed by atoms with van der Waals surface area (Å²) in [6.07, 6.45) is 1.39. The minimum Gasteiger partial charge on any atom is -0.487 e. The number of carbonyl (C=O) groups excluding carboxylic acids is 2. The molecule has 0 aliphatic rings. The van der Waals surface area contributed by atoms with Gasteiger partial charge in [0.05, 0.1) is 7.14 Å². The second kappa shape index (κ2) is 10.2. The first-order chi connectivity index (χ1) is 12.8. The Bertz CT molecular complexity index is 928. The van der Waals surface area contributed by atoms with Gasteiger partial charge in [-0.1, -0.05) is 12.1 Å². The molecule has 0 aliphatic heterocycles. The third-order valence-electron chi connectivity index (χ3n) is 3.23. The van der Waals surface area contributed by atoms with Crippen LogP contribution in [0.2, 0.25) is 0 Å². The number of nitrogens with two attached hydrogens (primary N) is 1. The zero-order valence-corrected chi connectivity index (χ0v) is 20.1. The number of hydrogen-bond donors (Lipinski definition) is 2. The standard InChI is InChI=1S/C18H12I3N3O3/c19-13-3-1-10(2-4-13)9-27-16-14(20)6-11(7-15(16)21)5-12(8-22)17(25)24-18(23)26/h1-7H,9H2,(H3,23,24,25,26)/b12-5-. The van der Waals surface area contributed by atoms with E-state index in [2.05, 4.69) is 67.8 Å². The topological polar surface area (TPSA) is 105 Å². The summed E-state index contributed by atoms with van der Waals surface area (Å²) < 4.78 is 8.77. The van der Waals surface area contributed by atoms with Gasteiger partial charge in [-0.15, -0.1) is 0 Å². The number of hydrogen-bond acceptors (Lipinski definition) is 4. The highest BCUT2D eigenvalue weighted by Gasteiger charge is 2.13. The van der Waals surface area contributed by atoms with Gasteiger partial charge in [-0.05, 0) is 109 Å². The molecule has 0 atom stereocenters. The molecule has 0 spiro atoms. The van der Waals surface area contributed by atoms with Crippen molar-refractivity contribution < 1.29 is 14.3 Å². The van der Waals surface area contributed by atoms with E-state index in [4.69, 9.17) is 15.7 Å². The average Bonchev–Trinajstić information content (AvgIpc) is 2.59. The Kier molecular flexibility index (Phi) is 8.29. The molecule has 0 heterocycles. The second-order valence-corrected chi connectivity index (χ2v) is 8.79. The molecule has 0 aliphatic carbocycles. The van der Waals surface area contributed by atoms with Crippen LogP contribution in [0.1, 0.15) is 11.1 Å². The molecule has 0 bridgehead atoms. The molecular weight excluding hydrogens is 687 g/mol. The predicted molar refractivity (Wildman–Crippen MR) is 127 cm³/mol. The van der Waals surface area contributed by atoms with E-state index in [9.17, 15) is 9.59 Å². The Morgan fingerprint density at radius 1 is 1.15 bits per heavy atom. The SMILES string of the molecule is N#C/C(=C/c1cc(I)c(OCc2ccc(I)cc2)c(I)c1)C(=O)NC(N)=O. The van der Waals surface area contributed by atoms with E-state index in [0.29, 0.717) is 12.2 Å². The number of halogens is 3. The van der Waals surface area contributed by atoms with Gasteiger partial charge in [0, 0.05) is 3.57 Å². The number of rotatable bonds is 5. The molecule has 27 heavy (non-hydrogen) atoms. The molecule has 0 unspecified atom stereocenters. The number of nitrogens with zero attached hydrogens (tertiary/aromatic N) is 1. The zero-order chi connectivity index (χ0) is 20.0. The molecule has 0 saturated heterocycles. The molecule has 2 rings (SSSR count). The molecule has 0 aromatic heterocycles. The first-order valence-corrected chi connectivity index (χ1v) is 10.6. The Labute approximate surface area is 196 Å². The minimum atomic E-state index is -1.01. The molecule has 3 N–H and O–H groups in total. The van der Waals surface area contributed by atoms with E-state index in [-0.39, 0.29) is 5.57 Å². The van der Waals surface area contributed by atoms with E-state index in [1.807, 2.05) is 29.6 Å². The predicted octanol–water partition coefficient (Wildman–Crippen LogP) is 4.18. The van der Waals surface area contributed by atoms with Crippen LogP contribution < -0.4 is 15.8 Å². The lowest BCUT2D eigenvalue weighted by molar-refractivity contribution is -0.115. The fourth-order valence-electron chi connectivity index (χ4n) is 2.03. The normalized spacial score (nSPS) is 10.8. The van der Waals surface area contributed by atoms with Gasteiger partial charge in [-0.2, -0.15) is 5.26 Å². The fourth-order valence-corrected chi connectivity index (χ4v) is 4.52. The van der Waals surface area contributed by atoms with E-state index in [0.717, 1.165) is 22.0 Å². The smallest absolute Gasteiger partial charge is 0.319 e. The lowest BCUT2D eigenvalue weighted by atomic mass is 10.1. The van der Waals surface area contributed by atoms with Crippen molar-refractivity contribution in [3.8, 4) is 11.8 Å². The quantitative estimate of drug-likeness (QED) is 0.278. The first kappa shape index (κ1) is 21.9. The Hall–Kier alpha value is -1.40. The first-order valence-electron chi connectivity index (χ1n) is 7.39. The number of nitriles is 1. The van der Waals surface area contributed by atoms with Gasteiger partial charge in [0.2, 0.25) is 0 Å². The summed E-state index contributed by atoms with van der Waals surface area (Å²) in [5, 5.41) is 11.0. The molecule has 6 nitrogen and oxygen atoms in total. The lowest BCUT2D eigenvalue weighted by Gasteiger charge is -2.12. The Morgan fingerprint density at radius 3 is 2.26 bits per heavy atom. The molecule has 2 aromatic carbocycles. The molecule has 0 saturated carbocycles. The van der Waals surface area contributed by atoms with Crippen LogP contribution in [-0.2, 0) is 11.4 Å². The molecule has 9 heteroatoms. The van der Waals surface area contributed by atoms with Gasteiger partial charge in [0.1, 0.15) is 24.0 Å². The monoisotopic (exact) mass is 699 g/mol. The van der Waals surface area contributed by atoms with Crippen LogP contribution in [0, 0.1) is 22.0 Å². The summed E-state index contributed by atoms with van der Waals surface area (Å²) >= 11 is 6.52. The van der Waals surface area contributed by atoms with Crippen LogP contribution in [-0.4, -0.2) is 11.9 Å². The largest absolute Gasteiger partial charge is 0.487 e. The highest BCUT2D eigenvalue weighted by atomic mass is 127. The number of amides is 3. The van der Waals surface area contributed by atoms with E-state index < -0.39 is 11.9 Å². The maximum absolute atomic E-state index is 11.8. The fraction of sp³-hybridized carbons (Fsp3) is 0.0556. The number of primary amides is 1. The zero-order valence-electron chi connectivity index (χ0n) is 13.6. The summed E-state index contributed by atoms with van der Waals surface area (Å²) in [6, 6.07) is 12.4. The van der Waals surface area contributed by atoms with E-state index >= 15 is 0 Å². The molecule has 0 fully saturated rings. The number of nitrogens with one attached hydrogen (secondary N) is 1. The number of imide groups is 1. The van der Waals surface area contributed by atoms with E-state index in [1.165, 1.54) is 6.08 Å². The number of benzene rings is 2. The highest BCUT2D eigenvalue weighted by Crippen LogP contribution is 2.30. The Balaban J connectivity index is 2.21. The van der Waals surface area contributed by atoms with Crippen molar-refractivity contribution in [2.75, 3.05) is 0 Å². The second-order valence-electron chi connectivity index (χ2n) is 5.22. The van der Waals surface area contributed by atoms with Crippen molar-refractivity contribution in [3.63, 3.8) is 0 Å². The van der Waals surface area contributed by atoms with Crippen molar-refractivity contribution in [1.82, 2.24) is 5.32 Å². The molecule has 2 aromatic rings. The van der Waals surface area contributed by atoms with Crippen LogP contribution in [0.3, 0.4) is 0 Å². The van der Waals surface area contributed by atoms with Crippen LogP contribution in [0.25, 0.3) is 6.08 Å². The van der Waals surface area contributed by atoms with Gasteiger partial charge in [-0.25, -0.2) is 4.79 Å². The highest BCUT2D eigenvalue weighted by molar-refractivity contribution is 14.1. The number of carbonyl (C=O) groups is 2. The van der Waals surface area contributed by atoms with Crippen LogP contribution in [0.15, 0.2) is 42.0 Å². The minimum absolute atomic E-state index is 0.215. The summed E-state index contributed by atoms with van der Waals surface area (Å²) in [7, 11) is 0. The van der Waals surface area contributed by atoms with Gasteiger partial charge < -0.3 is 10.5 Å². The van der Waals surface area contributed by atoms with Crippen molar-refractivity contribution in [3.05, 3.63) is 63.8 Å². The van der Waals surface area contributed by atoms with Crippen LogP contribution in [0.5, 0.6) is 5.75 Å². The summed E-state index contributed by atoms with van der Waals surface area (Å²) in [5.74, 6) is -0.110. The number of urea groups is 1. The summed E-state index contributed by atoms with van der Waals surface area (Å²) in [6.45, 7) is 0.433. The summed E-state index contributed by atoms with van der Waals surface area (Å²) in [5.41, 5.74) is 6.39. The van der Waals surface area contributed by atoms with Gasteiger partial charge >= 0.3 is 6.03 Å². The van der Waals surface area contributed by atoms with Crippen molar-refractivity contribution in [2.45, 2.75) is 6.61 Å². The van der Waals surface area contributed by atoms with Gasteiger partial charge in [0.25, 0.3) is 5.91 Å². The average molecular weight is 699 g/mol. The van der Waals surface area contributed by atoms with Gasteiger partial charge in [0.15, 0.2) is 0 Å². The van der Waals surface area contributed by atoms with E-state index in [1.54, 1.807) is 18.2 Å². The van der Waals surface area contributed by atoms with Crippen molar-refractivity contribution in [2.24, 2.45) is 5.73 Å². The van der Waals surface area contributed by atoms with Crippen LogP contribution in [0.4, 0.5) is 4.79 Å². The third-order valence-corrected chi connectivity index (χ3v) is 5.55. The molecule has 0 radical (unpaired) electrons. The number of ether oxygens (including phenoxy) is 1. The van der Waals surface area contributed by atoms with Crippen molar-refractivity contribution >= 4 is 85.8 Å². The Morgan fingerprint density at radius 2 is 1.74 bits per heavy atom. The van der Waals surface area contributed by atoms with Crippen LogP contribution >= 0.6 is 67.8 Å². The summed E-state index contributed by atoms with van der Waals surface area (Å²) in [4.78, 5) is 22.6. The van der Waals surface area contributed by atoms with Crippen molar-refractivity contribution in [1.29, 1.82) is 5.26 Å². The molecule has 138 valence electrons. The third kappa shape index (κ3) is 6.61. The molecule has 3 amide bonds. The maximum atomic E-state index is 11.8. The lowest BCUT2D eigenvalue weighted by Crippen LogP contribution is -2.35. The maximum Gasteiger partial charge on any atom is 0.319 e.